The van der Waals surface area contributed by atoms with Gasteiger partial charge in [0.25, 0.3) is 0 Å². The molecule has 0 saturated carbocycles. The Kier molecular flexibility index (Phi) is 7.44. The average molecular weight is 440 g/mol. The molecule has 1 heterocycles. The van der Waals surface area contributed by atoms with Gasteiger partial charge in [0.1, 0.15) is 10.6 Å². The molecule has 2 aromatic carbocycles. The highest BCUT2D eigenvalue weighted by atomic mass is 35.5. The molecular weight excluding hydrogens is 418 g/mol. The van der Waals surface area contributed by atoms with Crippen LogP contribution in [-0.2, 0) is 16.0 Å². The van der Waals surface area contributed by atoms with E-state index >= 15 is 0 Å². The molecule has 0 aliphatic heterocycles. The third-order valence-electron chi connectivity index (χ3n) is 4.48. The Balaban J connectivity index is 1.86. The predicted octanol–water partition coefficient (Wildman–Crippen LogP) is 6.46. The first-order chi connectivity index (χ1) is 14.5. The van der Waals surface area contributed by atoms with Crippen molar-refractivity contribution in [2.45, 2.75) is 20.3 Å². The normalized spacial score (nSPS) is 10.9. The van der Waals surface area contributed by atoms with Gasteiger partial charge in [-0.2, -0.15) is 0 Å². The molecule has 3 aromatic rings. The SMILES string of the molecule is CCOC(=O)c1c(-c2ccc(CC)cc2)csc1NC(=O)/C=C/c1ccc(Cl)cc1. The first-order valence-corrected chi connectivity index (χ1v) is 10.9. The molecule has 0 fully saturated rings. The Morgan fingerprint density at radius 1 is 1.07 bits per heavy atom. The number of thiophene rings is 1. The molecule has 6 heteroatoms. The number of rotatable bonds is 7. The molecule has 30 heavy (non-hydrogen) atoms. The third kappa shape index (κ3) is 5.38. The van der Waals surface area contributed by atoms with E-state index in [0.717, 1.165) is 23.1 Å². The lowest BCUT2D eigenvalue weighted by atomic mass is 10.0. The van der Waals surface area contributed by atoms with E-state index in [9.17, 15) is 9.59 Å². The van der Waals surface area contributed by atoms with E-state index in [1.807, 2.05) is 41.8 Å². The minimum absolute atomic E-state index is 0.257. The topological polar surface area (TPSA) is 55.4 Å². The van der Waals surface area contributed by atoms with Crippen LogP contribution in [0.4, 0.5) is 5.00 Å². The summed E-state index contributed by atoms with van der Waals surface area (Å²) in [6.45, 7) is 4.11. The maximum Gasteiger partial charge on any atom is 0.341 e. The summed E-state index contributed by atoms with van der Waals surface area (Å²) in [7, 11) is 0. The van der Waals surface area contributed by atoms with E-state index in [2.05, 4.69) is 12.2 Å². The van der Waals surface area contributed by atoms with Crippen molar-refractivity contribution in [3.8, 4) is 11.1 Å². The average Bonchev–Trinajstić information content (AvgIpc) is 3.17. The maximum atomic E-state index is 12.6. The van der Waals surface area contributed by atoms with Gasteiger partial charge >= 0.3 is 5.97 Å². The largest absolute Gasteiger partial charge is 0.462 e. The van der Waals surface area contributed by atoms with Crippen molar-refractivity contribution in [2.24, 2.45) is 0 Å². The van der Waals surface area contributed by atoms with Gasteiger partial charge in [-0.15, -0.1) is 11.3 Å². The van der Waals surface area contributed by atoms with E-state index in [1.165, 1.54) is 23.0 Å². The number of halogens is 1. The molecule has 0 unspecified atom stereocenters. The van der Waals surface area contributed by atoms with Crippen LogP contribution in [-0.4, -0.2) is 18.5 Å². The summed E-state index contributed by atoms with van der Waals surface area (Å²) in [5.74, 6) is -0.782. The van der Waals surface area contributed by atoms with Crippen LogP contribution < -0.4 is 5.32 Å². The van der Waals surface area contributed by atoms with E-state index in [4.69, 9.17) is 16.3 Å². The lowest BCUT2D eigenvalue weighted by Crippen LogP contribution is -2.12. The Labute approximate surface area is 185 Å². The first kappa shape index (κ1) is 21.8. The van der Waals surface area contributed by atoms with E-state index < -0.39 is 5.97 Å². The number of aryl methyl sites for hydroxylation is 1. The number of hydrogen-bond acceptors (Lipinski definition) is 4. The smallest absolute Gasteiger partial charge is 0.341 e. The van der Waals surface area contributed by atoms with Crippen molar-refractivity contribution in [3.63, 3.8) is 0 Å². The summed E-state index contributed by atoms with van der Waals surface area (Å²) in [6, 6.07) is 15.2. The first-order valence-electron chi connectivity index (χ1n) is 9.64. The van der Waals surface area contributed by atoms with E-state index in [0.29, 0.717) is 15.6 Å². The molecular formula is C24H22ClNO3S. The molecule has 0 bridgehead atoms. The number of esters is 1. The molecule has 3 rings (SSSR count). The number of carbonyl (C=O) groups is 2. The minimum atomic E-state index is -0.453. The molecule has 0 radical (unpaired) electrons. The maximum absolute atomic E-state index is 12.6. The highest BCUT2D eigenvalue weighted by molar-refractivity contribution is 7.15. The van der Waals surface area contributed by atoms with Gasteiger partial charge in [0.2, 0.25) is 5.91 Å². The summed E-state index contributed by atoms with van der Waals surface area (Å²) in [5, 5.41) is 5.78. The Bertz CT molecular complexity index is 1050. The van der Waals surface area contributed by atoms with Crippen molar-refractivity contribution < 1.29 is 14.3 Å². The summed E-state index contributed by atoms with van der Waals surface area (Å²) < 4.78 is 5.24. The lowest BCUT2D eigenvalue weighted by Gasteiger charge is -2.08. The third-order valence-corrected chi connectivity index (χ3v) is 5.63. The summed E-state index contributed by atoms with van der Waals surface area (Å²) in [6.07, 6.45) is 4.05. The van der Waals surface area contributed by atoms with E-state index in [1.54, 1.807) is 25.1 Å². The summed E-state index contributed by atoms with van der Waals surface area (Å²) in [5.41, 5.74) is 4.09. The van der Waals surface area contributed by atoms with Gasteiger partial charge in [0, 0.05) is 22.0 Å². The van der Waals surface area contributed by atoms with Crippen molar-refractivity contribution >= 4 is 45.9 Å². The van der Waals surface area contributed by atoms with Crippen LogP contribution in [0, 0.1) is 0 Å². The monoisotopic (exact) mass is 439 g/mol. The zero-order chi connectivity index (χ0) is 21.5. The fraction of sp³-hybridized carbons (Fsp3) is 0.167. The van der Waals surface area contributed by atoms with Crippen LogP contribution >= 0.6 is 22.9 Å². The molecule has 4 nitrogen and oxygen atoms in total. The van der Waals surface area contributed by atoms with Crippen molar-refractivity contribution in [1.82, 2.24) is 0 Å². The lowest BCUT2D eigenvalue weighted by molar-refractivity contribution is -0.111. The van der Waals surface area contributed by atoms with Gasteiger partial charge in [-0.25, -0.2) is 4.79 Å². The van der Waals surface area contributed by atoms with Crippen LogP contribution in [0.3, 0.4) is 0 Å². The number of hydrogen-bond donors (Lipinski definition) is 1. The second-order valence-electron chi connectivity index (χ2n) is 6.50. The molecule has 1 aromatic heterocycles. The second-order valence-corrected chi connectivity index (χ2v) is 7.81. The zero-order valence-electron chi connectivity index (χ0n) is 16.8. The number of ether oxygens (including phenoxy) is 1. The zero-order valence-corrected chi connectivity index (χ0v) is 18.3. The quantitative estimate of drug-likeness (QED) is 0.339. The van der Waals surface area contributed by atoms with Crippen LogP contribution in [0.15, 0.2) is 60.0 Å². The number of nitrogens with one attached hydrogen (secondary N) is 1. The summed E-state index contributed by atoms with van der Waals surface area (Å²) >= 11 is 7.18. The van der Waals surface area contributed by atoms with Gasteiger partial charge < -0.3 is 10.1 Å². The second kappa shape index (κ2) is 10.2. The summed E-state index contributed by atoms with van der Waals surface area (Å²) in [4.78, 5) is 25.1. The van der Waals surface area contributed by atoms with E-state index in [-0.39, 0.29) is 12.5 Å². The van der Waals surface area contributed by atoms with Crippen LogP contribution in [0.1, 0.15) is 35.3 Å². The standard InChI is InChI=1S/C24H22ClNO3S/c1-3-16-5-10-18(11-6-16)20-15-30-23(22(20)24(28)29-4-2)26-21(27)14-9-17-7-12-19(25)13-8-17/h5-15H,3-4H2,1-2H3,(H,26,27)/b14-9+. The van der Waals surface area contributed by atoms with Crippen LogP contribution in [0.2, 0.25) is 5.02 Å². The Hall–Kier alpha value is -2.89. The number of benzene rings is 2. The van der Waals surface area contributed by atoms with Crippen LogP contribution in [0.25, 0.3) is 17.2 Å². The molecule has 0 atom stereocenters. The number of amides is 1. The number of carbonyl (C=O) groups excluding carboxylic acids is 2. The molecule has 0 saturated heterocycles. The fourth-order valence-electron chi connectivity index (χ4n) is 2.89. The Morgan fingerprint density at radius 3 is 2.40 bits per heavy atom. The van der Waals surface area contributed by atoms with Crippen molar-refractivity contribution in [1.29, 1.82) is 0 Å². The fourth-order valence-corrected chi connectivity index (χ4v) is 3.97. The van der Waals surface area contributed by atoms with Gasteiger partial charge in [-0.05, 0) is 48.2 Å². The molecule has 0 aliphatic rings. The van der Waals surface area contributed by atoms with Gasteiger partial charge in [0.05, 0.1) is 6.61 Å². The molecule has 1 N–H and O–H groups in total. The molecule has 1 amide bonds. The van der Waals surface area contributed by atoms with Gasteiger partial charge in [-0.3, -0.25) is 4.79 Å². The van der Waals surface area contributed by atoms with Crippen molar-refractivity contribution in [2.75, 3.05) is 11.9 Å². The highest BCUT2D eigenvalue weighted by Crippen LogP contribution is 2.36. The molecule has 0 spiro atoms. The molecule has 0 aliphatic carbocycles. The van der Waals surface area contributed by atoms with Crippen LogP contribution in [0.5, 0.6) is 0 Å². The number of anilines is 1. The Morgan fingerprint density at radius 2 is 1.77 bits per heavy atom. The van der Waals surface area contributed by atoms with Crippen molar-refractivity contribution in [3.05, 3.63) is 81.7 Å². The minimum Gasteiger partial charge on any atom is -0.462 e. The van der Waals surface area contributed by atoms with Gasteiger partial charge in [-0.1, -0.05) is 54.9 Å². The highest BCUT2D eigenvalue weighted by Gasteiger charge is 2.22. The van der Waals surface area contributed by atoms with Gasteiger partial charge in [0.15, 0.2) is 0 Å². The molecule has 154 valence electrons. The predicted molar refractivity (Wildman–Crippen MR) is 124 cm³/mol.